The molecular formula is C19H17Cl2NO3S2. The number of halogens is 2. The minimum Gasteiger partial charge on any atom is -0.497 e. The molecule has 0 radical (unpaired) electrons. The summed E-state index contributed by atoms with van der Waals surface area (Å²) in [5.74, 6) is 1.75. The first kappa shape index (κ1) is 20.3. The first-order valence-corrected chi connectivity index (χ1v) is 10.9. The number of para-hydroxylation sites is 1. The Hall–Kier alpha value is -1.47. The second-order valence-electron chi connectivity index (χ2n) is 5.57. The van der Waals surface area contributed by atoms with Gasteiger partial charge in [-0.2, -0.15) is 0 Å². The number of fused-ring (bicyclic) bond motifs is 1. The van der Waals surface area contributed by atoms with Crippen molar-refractivity contribution < 1.29 is 14.3 Å². The molecule has 0 N–H and O–H groups in total. The molecule has 1 aromatic heterocycles. The maximum Gasteiger partial charge on any atom is 0.204 e. The minimum absolute atomic E-state index is 0.113. The summed E-state index contributed by atoms with van der Waals surface area (Å²) in [6, 6.07) is 8.13. The number of carbonyl (C=O) groups is 1. The third-order valence-corrected chi connectivity index (χ3v) is 6.16. The van der Waals surface area contributed by atoms with Gasteiger partial charge in [0.2, 0.25) is 5.78 Å². The predicted molar refractivity (Wildman–Crippen MR) is 112 cm³/mol. The van der Waals surface area contributed by atoms with Crippen molar-refractivity contribution in [3.8, 4) is 0 Å². The van der Waals surface area contributed by atoms with Gasteiger partial charge in [0, 0.05) is 5.75 Å². The van der Waals surface area contributed by atoms with Crippen molar-refractivity contribution >= 4 is 62.3 Å². The molecule has 0 fully saturated rings. The summed E-state index contributed by atoms with van der Waals surface area (Å²) >= 11 is 14.4. The van der Waals surface area contributed by atoms with E-state index in [2.05, 4.69) is 11.1 Å². The molecule has 0 saturated heterocycles. The van der Waals surface area contributed by atoms with Gasteiger partial charge in [-0.05, 0) is 36.8 Å². The van der Waals surface area contributed by atoms with Crippen LogP contribution >= 0.6 is 46.3 Å². The molecule has 0 aliphatic heterocycles. The van der Waals surface area contributed by atoms with Gasteiger partial charge in [0.05, 0.1) is 23.2 Å². The summed E-state index contributed by atoms with van der Waals surface area (Å²) < 4.78 is 13.4. The number of thioether (sulfide) groups is 1. The number of ketones is 1. The molecule has 0 unspecified atom stereocenters. The van der Waals surface area contributed by atoms with Crippen LogP contribution in [0.3, 0.4) is 0 Å². The van der Waals surface area contributed by atoms with Gasteiger partial charge in [-0.1, -0.05) is 47.1 Å². The summed E-state index contributed by atoms with van der Waals surface area (Å²) in [6.07, 6.45) is 5.94. The van der Waals surface area contributed by atoms with Gasteiger partial charge in [0.25, 0.3) is 0 Å². The van der Waals surface area contributed by atoms with Gasteiger partial charge in [-0.25, -0.2) is 4.98 Å². The van der Waals surface area contributed by atoms with E-state index in [4.69, 9.17) is 32.7 Å². The second-order valence-corrected chi connectivity index (χ2v) is 8.95. The number of hydrogen-bond acceptors (Lipinski definition) is 6. The van der Waals surface area contributed by atoms with Crippen molar-refractivity contribution in [3.05, 3.63) is 58.5 Å². The Balaban J connectivity index is 1.38. The molecule has 0 bridgehead atoms. The second kappa shape index (κ2) is 10.2. The Kier molecular flexibility index (Phi) is 7.64. The predicted octanol–water partition coefficient (Wildman–Crippen LogP) is 5.87. The molecule has 0 atom stereocenters. The van der Waals surface area contributed by atoms with Crippen molar-refractivity contribution in [2.75, 3.05) is 19.0 Å². The maximum atomic E-state index is 12.0. The smallest absolute Gasteiger partial charge is 0.204 e. The number of thiazole rings is 1. The molecule has 0 amide bonds. The van der Waals surface area contributed by atoms with E-state index in [9.17, 15) is 4.79 Å². The molecule has 8 heteroatoms. The van der Waals surface area contributed by atoms with Crippen molar-refractivity contribution in [3.63, 3.8) is 0 Å². The van der Waals surface area contributed by atoms with Crippen LogP contribution in [0.2, 0.25) is 0 Å². The van der Waals surface area contributed by atoms with Gasteiger partial charge >= 0.3 is 0 Å². The zero-order valence-electron chi connectivity index (χ0n) is 14.3. The molecule has 3 rings (SSSR count). The van der Waals surface area contributed by atoms with Gasteiger partial charge in [0.15, 0.2) is 10.1 Å². The highest BCUT2D eigenvalue weighted by Crippen LogP contribution is 2.29. The number of aromatic nitrogens is 1. The zero-order valence-corrected chi connectivity index (χ0v) is 17.5. The molecule has 2 aromatic rings. The average Bonchev–Trinajstić information content (AvgIpc) is 3.05. The molecule has 1 aromatic carbocycles. The molecule has 0 spiro atoms. The fourth-order valence-corrected chi connectivity index (χ4v) is 4.50. The Bertz CT molecular complexity index is 868. The number of allylic oxidation sites excluding steroid dienone is 4. The van der Waals surface area contributed by atoms with E-state index in [0.29, 0.717) is 18.1 Å². The van der Waals surface area contributed by atoms with Crippen LogP contribution in [0.4, 0.5) is 0 Å². The summed E-state index contributed by atoms with van der Waals surface area (Å²) in [4.78, 5) is 16.6. The molecular weight excluding hydrogens is 425 g/mol. The lowest BCUT2D eigenvalue weighted by Gasteiger charge is -2.15. The highest BCUT2D eigenvalue weighted by molar-refractivity contribution is 8.01. The van der Waals surface area contributed by atoms with Gasteiger partial charge in [-0.3, -0.25) is 4.79 Å². The van der Waals surface area contributed by atoms with E-state index >= 15 is 0 Å². The fraction of sp³-hybridized carbons (Fsp3) is 0.263. The van der Waals surface area contributed by atoms with Crippen molar-refractivity contribution in [1.29, 1.82) is 0 Å². The number of ether oxygens (including phenoxy) is 2. The van der Waals surface area contributed by atoms with E-state index in [1.807, 2.05) is 18.2 Å². The Labute approximate surface area is 175 Å². The molecule has 142 valence electrons. The number of carbonyl (C=O) groups excluding carboxylic acids is 1. The number of Topliss-reactive ketones (excluding diaryl/α,β-unsaturated/α-hetero) is 1. The largest absolute Gasteiger partial charge is 0.497 e. The van der Waals surface area contributed by atoms with Crippen LogP contribution in [0.1, 0.15) is 12.8 Å². The first-order chi connectivity index (χ1) is 13.1. The fourth-order valence-electron chi connectivity index (χ4n) is 2.32. The number of nitrogens with zero attached hydrogens (tertiary/aromatic N) is 1. The van der Waals surface area contributed by atoms with Crippen LogP contribution in [-0.4, -0.2) is 29.7 Å². The molecule has 1 aliphatic rings. The Morgan fingerprint density at radius 3 is 2.89 bits per heavy atom. The number of rotatable bonds is 9. The monoisotopic (exact) mass is 441 g/mol. The SMILES string of the molecule is O=C1CC(OCCCSc2nc3ccccc3s2)=CC=C1OCC=C(Cl)Cl. The maximum absolute atomic E-state index is 12.0. The summed E-state index contributed by atoms with van der Waals surface area (Å²) in [7, 11) is 0. The Morgan fingerprint density at radius 2 is 2.11 bits per heavy atom. The molecule has 27 heavy (non-hydrogen) atoms. The summed E-state index contributed by atoms with van der Waals surface area (Å²) in [6.45, 7) is 0.721. The van der Waals surface area contributed by atoms with Crippen molar-refractivity contribution in [2.24, 2.45) is 0 Å². The molecule has 1 heterocycles. The quantitative estimate of drug-likeness (QED) is 0.359. The topological polar surface area (TPSA) is 48.4 Å². The third-order valence-electron chi connectivity index (χ3n) is 3.58. The normalized spacial score (nSPS) is 13.9. The molecule has 0 saturated carbocycles. The van der Waals surface area contributed by atoms with Crippen LogP contribution in [0, 0.1) is 0 Å². The molecule has 4 nitrogen and oxygen atoms in total. The lowest BCUT2D eigenvalue weighted by Crippen LogP contribution is -2.12. The van der Waals surface area contributed by atoms with Crippen LogP contribution in [0.5, 0.6) is 0 Å². The standard InChI is InChI=1S/C19H17Cl2NO3S2/c20-18(21)8-10-25-16-7-6-13(12-15(16)23)24-9-3-11-26-19-22-14-4-1-2-5-17(14)27-19/h1-2,4-8H,3,9-12H2. The average molecular weight is 442 g/mol. The van der Waals surface area contributed by atoms with Crippen molar-refractivity contribution in [1.82, 2.24) is 4.98 Å². The van der Waals surface area contributed by atoms with Crippen LogP contribution in [0.25, 0.3) is 10.2 Å². The van der Waals surface area contributed by atoms with E-state index in [0.717, 1.165) is 22.0 Å². The summed E-state index contributed by atoms with van der Waals surface area (Å²) in [5, 5.41) is 0. The highest BCUT2D eigenvalue weighted by atomic mass is 35.5. The van der Waals surface area contributed by atoms with Crippen LogP contribution in [0.15, 0.2) is 62.8 Å². The molecule has 1 aliphatic carbocycles. The Morgan fingerprint density at radius 1 is 1.26 bits per heavy atom. The van der Waals surface area contributed by atoms with E-state index in [1.54, 1.807) is 35.3 Å². The van der Waals surface area contributed by atoms with E-state index in [-0.39, 0.29) is 23.3 Å². The third kappa shape index (κ3) is 6.28. The van der Waals surface area contributed by atoms with Gasteiger partial charge in [0.1, 0.15) is 16.9 Å². The lowest BCUT2D eigenvalue weighted by atomic mass is 10.1. The number of hydrogen-bond donors (Lipinski definition) is 0. The zero-order chi connectivity index (χ0) is 19.1. The first-order valence-electron chi connectivity index (χ1n) is 8.31. The van der Waals surface area contributed by atoms with Gasteiger partial charge in [-0.15, -0.1) is 11.3 Å². The lowest BCUT2D eigenvalue weighted by molar-refractivity contribution is -0.118. The van der Waals surface area contributed by atoms with Crippen LogP contribution < -0.4 is 0 Å². The van der Waals surface area contributed by atoms with Crippen LogP contribution in [-0.2, 0) is 14.3 Å². The number of benzene rings is 1. The highest BCUT2D eigenvalue weighted by Gasteiger charge is 2.18. The summed E-state index contributed by atoms with van der Waals surface area (Å²) in [5.41, 5.74) is 1.04. The van der Waals surface area contributed by atoms with Gasteiger partial charge < -0.3 is 9.47 Å². The minimum atomic E-state index is -0.115. The van der Waals surface area contributed by atoms with Crippen molar-refractivity contribution in [2.45, 2.75) is 17.2 Å². The van der Waals surface area contributed by atoms with E-state index in [1.165, 1.54) is 10.8 Å². The van der Waals surface area contributed by atoms with E-state index < -0.39 is 0 Å².